The molecule has 1 nitrogen and oxygen atoms in total. The summed E-state index contributed by atoms with van der Waals surface area (Å²) in [6.07, 6.45) is 1.13. The Morgan fingerprint density at radius 1 is 1.00 bits per heavy atom. The SMILES string of the molecule is CCCNCc1cc(-c2ccc(C(C)C)cc2)ccc1Cl. The summed E-state index contributed by atoms with van der Waals surface area (Å²) in [5, 5.41) is 4.24. The molecule has 0 aromatic heterocycles. The zero-order valence-electron chi connectivity index (χ0n) is 13.1. The Kier molecular flexibility index (Phi) is 5.84. The molecule has 0 spiro atoms. The predicted octanol–water partition coefficient (Wildman–Crippen LogP) is 5.63. The van der Waals surface area contributed by atoms with Gasteiger partial charge in [-0.05, 0) is 53.3 Å². The van der Waals surface area contributed by atoms with E-state index in [9.17, 15) is 0 Å². The molecule has 0 fully saturated rings. The molecule has 0 amide bonds. The quantitative estimate of drug-likeness (QED) is 0.682. The number of hydrogen-bond acceptors (Lipinski definition) is 1. The lowest BCUT2D eigenvalue weighted by molar-refractivity contribution is 0.676. The molecule has 0 radical (unpaired) electrons. The van der Waals surface area contributed by atoms with Crippen LogP contribution in [-0.2, 0) is 6.54 Å². The van der Waals surface area contributed by atoms with Gasteiger partial charge in [-0.25, -0.2) is 0 Å². The van der Waals surface area contributed by atoms with Crippen molar-refractivity contribution < 1.29 is 0 Å². The van der Waals surface area contributed by atoms with Crippen LogP contribution in [0.1, 0.15) is 44.2 Å². The first-order valence-electron chi connectivity index (χ1n) is 7.71. The molecule has 21 heavy (non-hydrogen) atoms. The summed E-state index contributed by atoms with van der Waals surface area (Å²) in [5.74, 6) is 0.568. The molecule has 2 aromatic carbocycles. The third kappa shape index (κ3) is 4.33. The molecule has 0 saturated carbocycles. The minimum absolute atomic E-state index is 0.568. The Hall–Kier alpha value is -1.31. The van der Waals surface area contributed by atoms with Gasteiger partial charge < -0.3 is 5.32 Å². The highest BCUT2D eigenvalue weighted by atomic mass is 35.5. The predicted molar refractivity (Wildman–Crippen MR) is 93.0 cm³/mol. The molecule has 2 aromatic rings. The first-order chi connectivity index (χ1) is 10.1. The van der Waals surface area contributed by atoms with Crippen molar-refractivity contribution in [1.82, 2.24) is 5.32 Å². The van der Waals surface area contributed by atoms with Crippen molar-refractivity contribution in [2.24, 2.45) is 0 Å². The van der Waals surface area contributed by atoms with Gasteiger partial charge in [-0.1, -0.05) is 62.7 Å². The Morgan fingerprint density at radius 3 is 2.29 bits per heavy atom. The average molecular weight is 302 g/mol. The van der Waals surface area contributed by atoms with Crippen LogP contribution in [0.3, 0.4) is 0 Å². The van der Waals surface area contributed by atoms with Crippen molar-refractivity contribution in [3.63, 3.8) is 0 Å². The summed E-state index contributed by atoms with van der Waals surface area (Å²) in [4.78, 5) is 0. The van der Waals surface area contributed by atoms with E-state index in [2.05, 4.69) is 62.5 Å². The largest absolute Gasteiger partial charge is 0.313 e. The second-order valence-corrected chi connectivity index (χ2v) is 6.17. The van der Waals surface area contributed by atoms with E-state index in [1.165, 1.54) is 16.7 Å². The van der Waals surface area contributed by atoms with Gasteiger partial charge in [-0.3, -0.25) is 0 Å². The molecular formula is C19H24ClN. The summed E-state index contributed by atoms with van der Waals surface area (Å²) in [5.41, 5.74) is 5.00. The van der Waals surface area contributed by atoms with E-state index in [1.54, 1.807) is 0 Å². The van der Waals surface area contributed by atoms with E-state index in [-0.39, 0.29) is 0 Å². The monoisotopic (exact) mass is 301 g/mol. The fourth-order valence-electron chi connectivity index (χ4n) is 2.35. The summed E-state index contributed by atoms with van der Waals surface area (Å²) in [6, 6.07) is 15.1. The Labute approximate surface area is 133 Å². The summed E-state index contributed by atoms with van der Waals surface area (Å²) < 4.78 is 0. The summed E-state index contributed by atoms with van der Waals surface area (Å²) in [6.45, 7) is 8.44. The van der Waals surface area contributed by atoms with Crippen LogP contribution in [0.15, 0.2) is 42.5 Å². The van der Waals surface area contributed by atoms with Crippen LogP contribution in [0.25, 0.3) is 11.1 Å². The smallest absolute Gasteiger partial charge is 0.0451 e. The Balaban J connectivity index is 2.21. The maximum Gasteiger partial charge on any atom is 0.0451 e. The normalized spacial score (nSPS) is 11.1. The average Bonchev–Trinajstić information content (AvgIpc) is 2.49. The second-order valence-electron chi connectivity index (χ2n) is 5.76. The molecule has 0 aliphatic carbocycles. The standard InChI is InChI=1S/C19H24ClN/c1-4-11-21-13-18-12-17(9-10-19(18)20)16-7-5-15(6-8-16)14(2)3/h5-10,12,14,21H,4,11,13H2,1-3H3. The fraction of sp³-hybridized carbons (Fsp3) is 0.368. The highest BCUT2D eigenvalue weighted by molar-refractivity contribution is 6.31. The van der Waals surface area contributed by atoms with Crippen LogP contribution in [0.5, 0.6) is 0 Å². The van der Waals surface area contributed by atoms with Gasteiger partial charge in [0.1, 0.15) is 0 Å². The molecule has 0 aliphatic rings. The van der Waals surface area contributed by atoms with Crippen LogP contribution in [-0.4, -0.2) is 6.54 Å². The van der Waals surface area contributed by atoms with Crippen molar-refractivity contribution in [3.8, 4) is 11.1 Å². The molecule has 112 valence electrons. The number of halogens is 1. The summed E-state index contributed by atoms with van der Waals surface area (Å²) in [7, 11) is 0. The molecule has 2 rings (SSSR count). The zero-order valence-corrected chi connectivity index (χ0v) is 13.9. The third-order valence-corrected chi connectivity index (χ3v) is 4.07. The van der Waals surface area contributed by atoms with E-state index in [0.717, 1.165) is 30.1 Å². The lowest BCUT2D eigenvalue weighted by Crippen LogP contribution is -2.14. The van der Waals surface area contributed by atoms with E-state index in [0.29, 0.717) is 5.92 Å². The maximum absolute atomic E-state index is 6.29. The van der Waals surface area contributed by atoms with Gasteiger partial charge in [0, 0.05) is 11.6 Å². The molecular weight excluding hydrogens is 278 g/mol. The maximum atomic E-state index is 6.29. The second kappa shape index (κ2) is 7.63. The third-order valence-electron chi connectivity index (χ3n) is 3.70. The minimum Gasteiger partial charge on any atom is -0.313 e. The fourth-order valence-corrected chi connectivity index (χ4v) is 2.53. The van der Waals surface area contributed by atoms with Crippen molar-refractivity contribution in [3.05, 3.63) is 58.6 Å². The van der Waals surface area contributed by atoms with Gasteiger partial charge in [0.25, 0.3) is 0 Å². The van der Waals surface area contributed by atoms with E-state index in [4.69, 9.17) is 11.6 Å². The van der Waals surface area contributed by atoms with Gasteiger partial charge in [0.2, 0.25) is 0 Å². The lowest BCUT2D eigenvalue weighted by Gasteiger charge is -2.10. The van der Waals surface area contributed by atoms with Crippen molar-refractivity contribution in [2.75, 3.05) is 6.54 Å². The first kappa shape index (κ1) is 16.1. The molecule has 0 heterocycles. The van der Waals surface area contributed by atoms with Crippen LogP contribution < -0.4 is 5.32 Å². The van der Waals surface area contributed by atoms with Crippen molar-refractivity contribution in [1.29, 1.82) is 0 Å². The molecule has 0 atom stereocenters. The van der Waals surface area contributed by atoms with Crippen molar-refractivity contribution in [2.45, 2.75) is 39.7 Å². The number of nitrogens with one attached hydrogen (secondary N) is 1. The van der Waals surface area contributed by atoms with E-state index >= 15 is 0 Å². The molecule has 2 heteroatoms. The molecule has 0 bridgehead atoms. The Bertz CT molecular complexity index is 573. The van der Waals surface area contributed by atoms with Crippen LogP contribution in [0, 0.1) is 0 Å². The first-order valence-corrected chi connectivity index (χ1v) is 8.09. The molecule has 0 unspecified atom stereocenters. The number of benzene rings is 2. The number of rotatable bonds is 6. The molecule has 0 aliphatic heterocycles. The van der Waals surface area contributed by atoms with E-state index in [1.807, 2.05) is 6.07 Å². The Morgan fingerprint density at radius 2 is 1.67 bits per heavy atom. The van der Waals surface area contributed by atoms with Gasteiger partial charge >= 0.3 is 0 Å². The minimum atomic E-state index is 0.568. The van der Waals surface area contributed by atoms with Crippen LogP contribution in [0.4, 0.5) is 0 Å². The molecule has 0 saturated heterocycles. The molecule has 1 N–H and O–H groups in total. The van der Waals surface area contributed by atoms with Gasteiger partial charge in [0.05, 0.1) is 0 Å². The number of hydrogen-bond donors (Lipinski definition) is 1. The topological polar surface area (TPSA) is 12.0 Å². The van der Waals surface area contributed by atoms with Crippen LogP contribution >= 0.6 is 11.6 Å². The van der Waals surface area contributed by atoms with Gasteiger partial charge in [-0.2, -0.15) is 0 Å². The van der Waals surface area contributed by atoms with E-state index < -0.39 is 0 Å². The summed E-state index contributed by atoms with van der Waals surface area (Å²) >= 11 is 6.29. The highest BCUT2D eigenvalue weighted by Crippen LogP contribution is 2.26. The lowest BCUT2D eigenvalue weighted by atomic mass is 9.98. The highest BCUT2D eigenvalue weighted by Gasteiger charge is 2.05. The van der Waals surface area contributed by atoms with Gasteiger partial charge in [0.15, 0.2) is 0 Å². The van der Waals surface area contributed by atoms with Crippen molar-refractivity contribution >= 4 is 11.6 Å². The van der Waals surface area contributed by atoms with Crippen LogP contribution in [0.2, 0.25) is 5.02 Å². The zero-order chi connectivity index (χ0) is 15.2. The van der Waals surface area contributed by atoms with Gasteiger partial charge in [-0.15, -0.1) is 0 Å².